The van der Waals surface area contributed by atoms with Gasteiger partial charge in [0.15, 0.2) is 23.9 Å². The SMILES string of the molecule is CC(=O)c1cc2c(cc1NC(=O)COC(=O)c1cc(C)nc3ccccc13)OCO2. The number of fused-ring (bicyclic) bond motifs is 2. The van der Waals surface area contributed by atoms with Gasteiger partial charge in [-0.3, -0.25) is 14.6 Å². The Morgan fingerprint density at radius 3 is 2.57 bits per heavy atom. The zero-order valence-electron chi connectivity index (χ0n) is 16.4. The van der Waals surface area contributed by atoms with Crippen molar-refractivity contribution in [2.24, 2.45) is 0 Å². The van der Waals surface area contributed by atoms with Crippen LogP contribution in [0.1, 0.15) is 33.3 Å². The molecule has 8 nitrogen and oxygen atoms in total. The lowest BCUT2D eigenvalue weighted by Crippen LogP contribution is -2.22. The van der Waals surface area contributed by atoms with Crippen molar-refractivity contribution >= 4 is 34.3 Å². The van der Waals surface area contributed by atoms with Crippen molar-refractivity contribution in [1.29, 1.82) is 0 Å². The molecule has 1 aliphatic rings. The van der Waals surface area contributed by atoms with Crippen LogP contribution in [0.5, 0.6) is 11.5 Å². The summed E-state index contributed by atoms with van der Waals surface area (Å²) in [5, 5.41) is 3.23. The molecule has 0 spiro atoms. The second-order valence-corrected chi connectivity index (χ2v) is 6.76. The summed E-state index contributed by atoms with van der Waals surface area (Å²) >= 11 is 0. The fourth-order valence-corrected chi connectivity index (χ4v) is 3.21. The molecule has 1 amide bonds. The monoisotopic (exact) mass is 406 g/mol. The number of nitrogens with zero attached hydrogens (tertiary/aromatic N) is 1. The van der Waals surface area contributed by atoms with Gasteiger partial charge in [-0.1, -0.05) is 18.2 Å². The summed E-state index contributed by atoms with van der Waals surface area (Å²) in [7, 11) is 0. The number of ether oxygens (including phenoxy) is 3. The van der Waals surface area contributed by atoms with E-state index in [-0.39, 0.29) is 23.8 Å². The molecule has 0 unspecified atom stereocenters. The number of carbonyl (C=O) groups excluding carboxylic acids is 3. The fraction of sp³-hybridized carbons (Fsp3) is 0.182. The number of esters is 1. The topological polar surface area (TPSA) is 104 Å². The second-order valence-electron chi connectivity index (χ2n) is 6.76. The molecular weight excluding hydrogens is 388 g/mol. The van der Waals surface area contributed by atoms with Crippen molar-refractivity contribution in [2.45, 2.75) is 13.8 Å². The Morgan fingerprint density at radius 1 is 1.07 bits per heavy atom. The number of pyridine rings is 1. The molecule has 1 aliphatic heterocycles. The van der Waals surface area contributed by atoms with Gasteiger partial charge < -0.3 is 19.5 Å². The number of aromatic nitrogens is 1. The molecule has 0 aliphatic carbocycles. The van der Waals surface area contributed by atoms with Gasteiger partial charge in [-0.25, -0.2) is 4.79 Å². The number of carbonyl (C=O) groups is 3. The maximum atomic E-state index is 12.6. The van der Waals surface area contributed by atoms with Crippen LogP contribution in [0, 0.1) is 6.92 Å². The molecule has 0 radical (unpaired) electrons. The summed E-state index contributed by atoms with van der Waals surface area (Å²) in [6.45, 7) is 2.68. The average molecular weight is 406 g/mol. The Bertz CT molecular complexity index is 1190. The number of anilines is 1. The van der Waals surface area contributed by atoms with E-state index in [9.17, 15) is 14.4 Å². The van der Waals surface area contributed by atoms with Crippen LogP contribution in [0.3, 0.4) is 0 Å². The van der Waals surface area contributed by atoms with Gasteiger partial charge in [0.25, 0.3) is 5.91 Å². The van der Waals surface area contributed by atoms with Crippen molar-refractivity contribution in [2.75, 3.05) is 18.7 Å². The lowest BCUT2D eigenvalue weighted by atomic mass is 10.1. The maximum absolute atomic E-state index is 12.6. The van der Waals surface area contributed by atoms with E-state index in [0.29, 0.717) is 33.7 Å². The standard InChI is InChI=1S/C22H18N2O6/c1-12-7-16(14-5-3-4-6-17(14)23-12)22(27)28-10-21(26)24-18-9-20-19(29-11-30-20)8-15(18)13(2)25/h3-9H,10-11H2,1-2H3,(H,24,26). The third-order valence-corrected chi connectivity index (χ3v) is 4.56. The van der Waals surface area contributed by atoms with E-state index in [1.54, 1.807) is 31.2 Å². The average Bonchev–Trinajstić information content (AvgIpc) is 3.18. The van der Waals surface area contributed by atoms with E-state index in [4.69, 9.17) is 14.2 Å². The Morgan fingerprint density at radius 2 is 1.80 bits per heavy atom. The Labute approximate surface area is 171 Å². The molecule has 30 heavy (non-hydrogen) atoms. The highest BCUT2D eigenvalue weighted by Crippen LogP contribution is 2.37. The molecule has 1 aromatic heterocycles. The molecule has 0 fully saturated rings. The first kappa shape index (κ1) is 19.4. The summed E-state index contributed by atoms with van der Waals surface area (Å²) in [4.78, 5) is 41.2. The van der Waals surface area contributed by atoms with E-state index in [2.05, 4.69) is 10.3 Å². The Balaban J connectivity index is 1.49. The molecule has 8 heteroatoms. The van der Waals surface area contributed by atoms with Crippen molar-refractivity contribution in [3.8, 4) is 11.5 Å². The predicted octanol–water partition coefficient (Wildman–Crippen LogP) is 3.27. The zero-order valence-corrected chi connectivity index (χ0v) is 16.4. The van der Waals surface area contributed by atoms with Crippen molar-refractivity contribution in [3.63, 3.8) is 0 Å². The zero-order chi connectivity index (χ0) is 21.3. The number of amides is 1. The molecule has 0 bridgehead atoms. The molecule has 152 valence electrons. The van der Waals surface area contributed by atoms with Gasteiger partial charge >= 0.3 is 5.97 Å². The molecular formula is C22H18N2O6. The number of hydrogen-bond acceptors (Lipinski definition) is 7. The van der Waals surface area contributed by atoms with Gasteiger partial charge in [-0.15, -0.1) is 0 Å². The predicted molar refractivity (Wildman–Crippen MR) is 108 cm³/mol. The van der Waals surface area contributed by atoms with E-state index in [0.717, 1.165) is 0 Å². The van der Waals surface area contributed by atoms with Crippen LogP contribution in [0.4, 0.5) is 5.69 Å². The summed E-state index contributed by atoms with van der Waals surface area (Å²) in [5.74, 6) is -0.612. The number of nitrogens with one attached hydrogen (secondary N) is 1. The van der Waals surface area contributed by atoms with E-state index in [1.165, 1.54) is 19.1 Å². The highest BCUT2D eigenvalue weighted by Gasteiger charge is 2.21. The highest BCUT2D eigenvalue weighted by molar-refractivity contribution is 6.06. The minimum Gasteiger partial charge on any atom is -0.454 e. The number of ketones is 1. The number of Topliss-reactive ketones (excluding diaryl/α,β-unsaturated/α-hetero) is 1. The molecule has 0 saturated heterocycles. The maximum Gasteiger partial charge on any atom is 0.339 e. The quantitative estimate of drug-likeness (QED) is 0.512. The van der Waals surface area contributed by atoms with Crippen LogP contribution in [0.2, 0.25) is 0 Å². The normalized spacial score (nSPS) is 11.9. The summed E-state index contributed by atoms with van der Waals surface area (Å²) in [5.41, 5.74) is 2.20. The first-order valence-corrected chi connectivity index (χ1v) is 9.20. The first-order valence-electron chi connectivity index (χ1n) is 9.20. The number of benzene rings is 2. The lowest BCUT2D eigenvalue weighted by Gasteiger charge is -2.11. The second kappa shape index (κ2) is 7.82. The van der Waals surface area contributed by atoms with Gasteiger partial charge in [0, 0.05) is 22.7 Å². The van der Waals surface area contributed by atoms with Crippen LogP contribution in [0.15, 0.2) is 42.5 Å². The van der Waals surface area contributed by atoms with E-state index >= 15 is 0 Å². The molecule has 2 heterocycles. The van der Waals surface area contributed by atoms with Gasteiger partial charge in [0.1, 0.15) is 0 Å². The molecule has 2 aromatic carbocycles. The smallest absolute Gasteiger partial charge is 0.339 e. The van der Waals surface area contributed by atoms with Gasteiger partial charge in [0.05, 0.1) is 16.8 Å². The summed E-state index contributed by atoms with van der Waals surface area (Å²) in [6, 6.07) is 11.8. The van der Waals surface area contributed by atoms with Crippen molar-refractivity contribution in [3.05, 3.63) is 59.3 Å². The molecule has 0 atom stereocenters. The number of rotatable bonds is 5. The summed E-state index contributed by atoms with van der Waals surface area (Å²) < 4.78 is 15.7. The van der Waals surface area contributed by atoms with E-state index in [1.807, 2.05) is 6.07 Å². The number of aryl methyl sites for hydroxylation is 1. The van der Waals surface area contributed by atoms with Gasteiger partial charge in [-0.2, -0.15) is 0 Å². The fourth-order valence-electron chi connectivity index (χ4n) is 3.21. The molecule has 1 N–H and O–H groups in total. The van der Waals surface area contributed by atoms with Crippen LogP contribution in [0.25, 0.3) is 10.9 Å². The lowest BCUT2D eigenvalue weighted by molar-refractivity contribution is -0.119. The summed E-state index contributed by atoms with van der Waals surface area (Å²) in [6.07, 6.45) is 0. The van der Waals surface area contributed by atoms with Crippen molar-refractivity contribution in [1.82, 2.24) is 4.98 Å². The Kier molecular flexibility index (Phi) is 5.05. The third-order valence-electron chi connectivity index (χ3n) is 4.56. The van der Waals surface area contributed by atoms with Crippen molar-refractivity contribution < 1.29 is 28.6 Å². The minimum atomic E-state index is -0.635. The van der Waals surface area contributed by atoms with E-state index < -0.39 is 18.5 Å². The Hall–Kier alpha value is -3.94. The minimum absolute atomic E-state index is 0.0427. The third kappa shape index (κ3) is 3.80. The number of para-hydroxylation sites is 1. The van der Waals surface area contributed by atoms with Crippen LogP contribution in [-0.2, 0) is 9.53 Å². The largest absolute Gasteiger partial charge is 0.454 e. The highest BCUT2D eigenvalue weighted by atomic mass is 16.7. The number of hydrogen-bond donors (Lipinski definition) is 1. The molecule has 4 rings (SSSR count). The van der Waals surface area contributed by atoms with Gasteiger partial charge in [-0.05, 0) is 32.0 Å². The molecule has 3 aromatic rings. The van der Waals surface area contributed by atoms with Crippen LogP contribution in [-0.4, -0.2) is 36.0 Å². The first-order chi connectivity index (χ1) is 14.4. The van der Waals surface area contributed by atoms with Gasteiger partial charge in [0.2, 0.25) is 6.79 Å². The molecule has 0 saturated carbocycles. The van der Waals surface area contributed by atoms with Crippen LogP contribution >= 0.6 is 0 Å². The van der Waals surface area contributed by atoms with Crippen LogP contribution < -0.4 is 14.8 Å².